The van der Waals surface area contributed by atoms with Crippen molar-refractivity contribution in [2.45, 2.75) is 71.3 Å². The van der Waals surface area contributed by atoms with Crippen molar-refractivity contribution in [1.29, 1.82) is 0 Å². The number of benzene rings is 1. The van der Waals surface area contributed by atoms with Crippen LogP contribution in [0.15, 0.2) is 40.9 Å². The molecule has 0 aromatic heterocycles. The first-order valence-corrected chi connectivity index (χ1v) is 13.0. The van der Waals surface area contributed by atoms with Gasteiger partial charge in [-0.05, 0) is 91.7 Å². The number of ketones is 1. The number of allylic oxidation sites excluding steroid dienone is 1. The van der Waals surface area contributed by atoms with Gasteiger partial charge in [0, 0.05) is 30.0 Å². The second-order valence-electron chi connectivity index (χ2n) is 11.8. The van der Waals surface area contributed by atoms with Crippen LogP contribution >= 0.6 is 0 Å². The summed E-state index contributed by atoms with van der Waals surface area (Å²) in [5.74, 6) is 3.63. The molecule has 0 N–H and O–H groups in total. The lowest BCUT2D eigenvalue weighted by molar-refractivity contribution is -0.384. The van der Waals surface area contributed by atoms with Crippen molar-refractivity contribution < 1.29 is 14.5 Å². The van der Waals surface area contributed by atoms with Gasteiger partial charge in [0.2, 0.25) is 5.90 Å². The molecule has 1 aliphatic heterocycles. The summed E-state index contributed by atoms with van der Waals surface area (Å²) in [6.07, 6.45) is 11.1. The number of rotatable bonds is 3. The Morgan fingerprint density at radius 1 is 1.00 bits per heavy atom. The van der Waals surface area contributed by atoms with Crippen molar-refractivity contribution in [3.05, 3.63) is 51.6 Å². The number of aliphatic imine (C=N–C) groups is 1. The molecule has 1 heterocycles. The normalized spacial score (nSPS) is 41.0. The molecule has 3 fully saturated rings. The minimum atomic E-state index is -0.380. The van der Waals surface area contributed by atoms with Gasteiger partial charge in [0.15, 0.2) is 5.78 Å². The van der Waals surface area contributed by atoms with Crippen LogP contribution < -0.4 is 0 Å². The van der Waals surface area contributed by atoms with E-state index in [1.807, 2.05) is 6.08 Å². The summed E-state index contributed by atoms with van der Waals surface area (Å²) in [6.45, 7) is 5.64. The molecule has 0 radical (unpaired) electrons. The van der Waals surface area contributed by atoms with E-state index in [-0.39, 0.29) is 27.5 Å². The van der Waals surface area contributed by atoms with E-state index in [2.05, 4.69) is 13.8 Å². The third kappa shape index (κ3) is 3.20. The molecule has 1 aromatic rings. The molecule has 6 nitrogen and oxygen atoms in total. The Morgan fingerprint density at radius 3 is 2.53 bits per heavy atom. The first kappa shape index (κ1) is 22.0. The predicted octanol–water partition coefficient (Wildman–Crippen LogP) is 5.89. The third-order valence-corrected chi connectivity index (χ3v) is 10.5. The van der Waals surface area contributed by atoms with Crippen LogP contribution in [-0.2, 0) is 9.53 Å². The zero-order chi connectivity index (χ0) is 23.7. The number of ether oxygens (including phenoxy) is 1. The number of nitro groups is 1. The molecule has 0 unspecified atom stereocenters. The number of hydrogen-bond donors (Lipinski definition) is 0. The molecule has 0 bridgehead atoms. The van der Waals surface area contributed by atoms with Crippen molar-refractivity contribution in [1.82, 2.24) is 0 Å². The lowest BCUT2D eigenvalue weighted by Gasteiger charge is -2.58. The fraction of sp³-hybridized carbons (Fsp3) is 0.643. The lowest BCUT2D eigenvalue weighted by Crippen LogP contribution is -2.51. The summed E-state index contributed by atoms with van der Waals surface area (Å²) in [5, 5.41) is 11.0. The molecule has 34 heavy (non-hydrogen) atoms. The van der Waals surface area contributed by atoms with E-state index in [4.69, 9.17) is 9.73 Å². The second kappa shape index (κ2) is 7.76. The van der Waals surface area contributed by atoms with Gasteiger partial charge in [0.1, 0.15) is 6.10 Å². The Morgan fingerprint density at radius 2 is 1.76 bits per heavy atom. The standard InChI is InChI=1S/C28H34N2O4/c1-27-13-11-20(31)15-18(27)5-8-21-22-9-10-24(28(22,2)14-12-23(21)27)25-16-29-26(34-25)17-3-6-19(7-4-17)30(32)33/h3-4,6-7,15,21-25H,5,8-14,16H2,1-2H3/t21-,22-,23-,24+,25-,27-,28-/m0/s1. The molecular formula is C28H34N2O4. The van der Waals surface area contributed by atoms with Gasteiger partial charge in [-0.15, -0.1) is 0 Å². The highest BCUT2D eigenvalue weighted by Crippen LogP contribution is 2.67. The molecule has 180 valence electrons. The average Bonchev–Trinajstić information content (AvgIpc) is 3.44. The Bertz CT molecular complexity index is 1090. The van der Waals surface area contributed by atoms with E-state index in [0.717, 1.165) is 30.2 Å². The van der Waals surface area contributed by atoms with Crippen LogP contribution in [0.4, 0.5) is 5.69 Å². The van der Waals surface area contributed by atoms with Crippen molar-refractivity contribution in [2.24, 2.45) is 39.5 Å². The second-order valence-corrected chi connectivity index (χ2v) is 11.8. The maximum Gasteiger partial charge on any atom is 0.269 e. The van der Waals surface area contributed by atoms with Gasteiger partial charge in [0.25, 0.3) is 5.69 Å². The minimum absolute atomic E-state index is 0.0864. The smallest absolute Gasteiger partial charge is 0.269 e. The first-order chi connectivity index (χ1) is 16.3. The average molecular weight is 463 g/mol. The molecule has 5 aliphatic rings. The Labute approximate surface area is 201 Å². The lowest BCUT2D eigenvalue weighted by atomic mass is 9.46. The number of fused-ring (bicyclic) bond motifs is 5. The molecule has 1 aromatic carbocycles. The molecule has 6 rings (SSSR count). The van der Waals surface area contributed by atoms with Crippen LogP contribution in [0.25, 0.3) is 0 Å². The first-order valence-electron chi connectivity index (χ1n) is 13.0. The van der Waals surface area contributed by atoms with Gasteiger partial charge in [-0.2, -0.15) is 0 Å². The van der Waals surface area contributed by atoms with Crippen molar-refractivity contribution >= 4 is 17.4 Å². The molecule has 4 aliphatic carbocycles. The number of carbonyl (C=O) groups is 1. The number of non-ortho nitro benzene ring substituents is 1. The summed E-state index contributed by atoms with van der Waals surface area (Å²) in [4.78, 5) is 27.4. The largest absolute Gasteiger partial charge is 0.472 e. The number of nitro benzene ring substituents is 1. The quantitative estimate of drug-likeness (QED) is 0.414. The molecule has 0 saturated heterocycles. The zero-order valence-electron chi connectivity index (χ0n) is 20.2. The van der Waals surface area contributed by atoms with Crippen LogP contribution in [0.1, 0.15) is 70.8 Å². The Hall–Kier alpha value is -2.50. The van der Waals surface area contributed by atoms with E-state index >= 15 is 0 Å². The van der Waals surface area contributed by atoms with Crippen molar-refractivity contribution in [3.8, 4) is 0 Å². The van der Waals surface area contributed by atoms with Gasteiger partial charge < -0.3 is 4.74 Å². The molecular weight excluding hydrogens is 428 g/mol. The van der Waals surface area contributed by atoms with E-state index in [1.54, 1.807) is 12.1 Å². The van der Waals surface area contributed by atoms with Gasteiger partial charge in [-0.1, -0.05) is 19.4 Å². The highest BCUT2D eigenvalue weighted by molar-refractivity contribution is 5.95. The molecule has 0 amide bonds. The SMILES string of the molecule is C[C@]12CC[C@H]3[C@@H](CCC4=CC(=O)CC[C@@]43C)[C@@H]1CC[C@@H]2[C@@H]1CN=C(c2ccc([N+](=O)[O-])cc2)O1. The maximum absolute atomic E-state index is 12.1. The fourth-order valence-electron chi connectivity index (χ4n) is 8.70. The van der Waals surface area contributed by atoms with Gasteiger partial charge in [0.05, 0.1) is 11.5 Å². The Balaban J connectivity index is 1.19. The van der Waals surface area contributed by atoms with Gasteiger partial charge in [-0.3, -0.25) is 14.9 Å². The number of nitrogens with zero attached hydrogens (tertiary/aromatic N) is 2. The van der Waals surface area contributed by atoms with E-state index in [1.165, 1.54) is 49.8 Å². The van der Waals surface area contributed by atoms with E-state index in [0.29, 0.717) is 36.5 Å². The minimum Gasteiger partial charge on any atom is -0.472 e. The van der Waals surface area contributed by atoms with Gasteiger partial charge >= 0.3 is 0 Å². The highest BCUT2D eigenvalue weighted by Gasteiger charge is 2.60. The summed E-state index contributed by atoms with van der Waals surface area (Å²) in [6, 6.07) is 6.53. The maximum atomic E-state index is 12.1. The van der Waals surface area contributed by atoms with E-state index < -0.39 is 0 Å². The summed E-state index contributed by atoms with van der Waals surface area (Å²) in [5.41, 5.74) is 2.83. The zero-order valence-corrected chi connectivity index (χ0v) is 20.2. The molecule has 3 saturated carbocycles. The van der Waals surface area contributed by atoms with Crippen molar-refractivity contribution in [3.63, 3.8) is 0 Å². The van der Waals surface area contributed by atoms with Crippen LogP contribution in [-0.4, -0.2) is 29.3 Å². The molecule has 6 heteroatoms. The number of carbonyl (C=O) groups excluding carboxylic acids is 1. The monoisotopic (exact) mass is 462 g/mol. The highest BCUT2D eigenvalue weighted by atomic mass is 16.6. The van der Waals surface area contributed by atoms with Crippen LogP contribution in [0, 0.1) is 44.6 Å². The fourth-order valence-corrected chi connectivity index (χ4v) is 8.70. The Kier molecular flexibility index (Phi) is 5.02. The summed E-state index contributed by atoms with van der Waals surface area (Å²) in [7, 11) is 0. The summed E-state index contributed by atoms with van der Waals surface area (Å²) >= 11 is 0. The van der Waals surface area contributed by atoms with Crippen LogP contribution in [0.2, 0.25) is 0 Å². The third-order valence-electron chi connectivity index (χ3n) is 10.5. The van der Waals surface area contributed by atoms with Crippen LogP contribution in [0.5, 0.6) is 0 Å². The molecule has 7 atom stereocenters. The summed E-state index contributed by atoms with van der Waals surface area (Å²) < 4.78 is 6.43. The predicted molar refractivity (Wildman–Crippen MR) is 130 cm³/mol. The number of hydrogen-bond acceptors (Lipinski definition) is 5. The molecule has 0 spiro atoms. The topological polar surface area (TPSA) is 81.8 Å². The van der Waals surface area contributed by atoms with Gasteiger partial charge in [-0.25, -0.2) is 4.99 Å². The van der Waals surface area contributed by atoms with Crippen LogP contribution in [0.3, 0.4) is 0 Å². The van der Waals surface area contributed by atoms with E-state index in [9.17, 15) is 14.9 Å². The van der Waals surface area contributed by atoms with Crippen molar-refractivity contribution in [2.75, 3.05) is 6.54 Å².